The maximum Gasteiger partial charge on any atom is 0.250 e. The van der Waals surface area contributed by atoms with E-state index in [2.05, 4.69) is 9.82 Å². The summed E-state index contributed by atoms with van der Waals surface area (Å²) in [6.45, 7) is 1.85. The summed E-state index contributed by atoms with van der Waals surface area (Å²) in [5, 5.41) is 4.24. The Balaban J connectivity index is 1.68. The summed E-state index contributed by atoms with van der Waals surface area (Å²) in [5.41, 5.74) is 1.61. The molecule has 27 heavy (non-hydrogen) atoms. The Morgan fingerprint density at radius 1 is 1.26 bits per heavy atom. The minimum absolute atomic E-state index is 0.148. The third-order valence-corrected chi connectivity index (χ3v) is 7.56. The molecule has 0 bridgehead atoms. The fourth-order valence-corrected chi connectivity index (χ4v) is 5.89. The molecule has 0 fully saturated rings. The van der Waals surface area contributed by atoms with Crippen molar-refractivity contribution in [2.24, 2.45) is 0 Å². The van der Waals surface area contributed by atoms with Crippen LogP contribution in [0.15, 0.2) is 40.7 Å². The molecule has 3 aromatic rings. The maximum absolute atomic E-state index is 14.2. The minimum atomic E-state index is -3.64. The van der Waals surface area contributed by atoms with Gasteiger partial charge in [0.05, 0.1) is 12.2 Å². The van der Waals surface area contributed by atoms with Crippen LogP contribution < -0.4 is 4.72 Å². The molecule has 0 amide bonds. The number of nitrogens with zero attached hydrogens (tertiary/aromatic N) is 2. The minimum Gasteiger partial charge on any atom is -0.234 e. The highest BCUT2D eigenvalue weighted by molar-refractivity contribution is 7.91. The predicted molar refractivity (Wildman–Crippen MR) is 98.5 cm³/mol. The van der Waals surface area contributed by atoms with Crippen LogP contribution >= 0.6 is 11.3 Å². The van der Waals surface area contributed by atoms with Crippen molar-refractivity contribution < 1.29 is 17.2 Å². The van der Waals surface area contributed by atoms with Gasteiger partial charge in [0.1, 0.15) is 15.7 Å². The van der Waals surface area contributed by atoms with Crippen LogP contribution in [0, 0.1) is 18.6 Å². The average Bonchev–Trinajstić information content (AvgIpc) is 3.22. The van der Waals surface area contributed by atoms with Gasteiger partial charge in [0.15, 0.2) is 5.82 Å². The van der Waals surface area contributed by atoms with Gasteiger partial charge in [-0.1, -0.05) is 0 Å². The van der Waals surface area contributed by atoms with Crippen LogP contribution in [-0.2, 0) is 16.4 Å². The highest BCUT2D eigenvalue weighted by atomic mass is 32.2. The van der Waals surface area contributed by atoms with Crippen molar-refractivity contribution in [1.82, 2.24) is 14.5 Å². The van der Waals surface area contributed by atoms with Gasteiger partial charge in [0.2, 0.25) is 0 Å². The molecule has 0 spiro atoms. The number of fused-ring (bicyclic) bond motifs is 1. The number of thiophene rings is 1. The number of hydrogen-bond donors (Lipinski definition) is 1. The van der Waals surface area contributed by atoms with Gasteiger partial charge in [-0.05, 0) is 50.5 Å². The number of benzene rings is 1. The zero-order chi connectivity index (χ0) is 19.2. The van der Waals surface area contributed by atoms with Crippen molar-refractivity contribution >= 4 is 21.4 Å². The van der Waals surface area contributed by atoms with Crippen LogP contribution in [0.3, 0.4) is 0 Å². The molecule has 2 aromatic heterocycles. The van der Waals surface area contributed by atoms with E-state index in [1.165, 1.54) is 28.2 Å². The van der Waals surface area contributed by atoms with Crippen LogP contribution in [0.1, 0.15) is 35.0 Å². The van der Waals surface area contributed by atoms with Gasteiger partial charge in [-0.3, -0.25) is 0 Å². The number of nitrogens with one attached hydrogen (secondary N) is 1. The highest BCUT2D eigenvalue weighted by Gasteiger charge is 2.30. The fourth-order valence-electron chi connectivity index (χ4n) is 3.34. The molecule has 1 aliphatic rings. The zero-order valence-corrected chi connectivity index (χ0v) is 16.1. The summed E-state index contributed by atoms with van der Waals surface area (Å²) < 4.78 is 57.1. The van der Waals surface area contributed by atoms with E-state index < -0.39 is 27.7 Å². The Hall–Kier alpha value is -2.10. The number of sulfonamides is 1. The van der Waals surface area contributed by atoms with Gasteiger partial charge in [-0.25, -0.2) is 26.6 Å². The predicted octanol–water partition coefficient (Wildman–Crippen LogP) is 3.88. The Bertz CT molecular complexity index is 1110. The molecule has 4 rings (SSSR count). The van der Waals surface area contributed by atoms with Gasteiger partial charge in [0.25, 0.3) is 10.0 Å². The number of hydrogen-bond acceptors (Lipinski definition) is 4. The molecule has 0 saturated carbocycles. The first kappa shape index (κ1) is 18.3. The lowest BCUT2D eigenvalue weighted by atomic mass is 9.94. The zero-order valence-electron chi connectivity index (χ0n) is 14.4. The summed E-state index contributed by atoms with van der Waals surface area (Å²) >= 11 is 1.21. The maximum atomic E-state index is 14.2. The lowest BCUT2D eigenvalue weighted by molar-refractivity contribution is 0.501. The van der Waals surface area contributed by atoms with E-state index in [0.717, 1.165) is 28.6 Å². The van der Waals surface area contributed by atoms with E-state index >= 15 is 0 Å². The first-order chi connectivity index (χ1) is 12.8. The highest BCUT2D eigenvalue weighted by Crippen LogP contribution is 2.33. The molecule has 0 aliphatic heterocycles. The Morgan fingerprint density at radius 2 is 2.07 bits per heavy atom. The smallest absolute Gasteiger partial charge is 0.234 e. The van der Waals surface area contributed by atoms with Crippen molar-refractivity contribution in [3.8, 4) is 5.69 Å². The Labute approximate surface area is 159 Å². The topological polar surface area (TPSA) is 64.0 Å². The normalized spacial score (nSPS) is 17.1. The molecule has 1 N–H and O–H groups in total. The van der Waals surface area contributed by atoms with Crippen LogP contribution in [0.25, 0.3) is 5.69 Å². The van der Waals surface area contributed by atoms with Crippen molar-refractivity contribution in [3.63, 3.8) is 0 Å². The second kappa shape index (κ2) is 6.81. The number of aryl methyl sites for hydroxylation is 1. The Kier molecular flexibility index (Phi) is 4.61. The standard InChI is InChI=1S/C18H17F2N3O2S2/c1-11-5-8-18(26-11)27(24,25)22-15-3-2-4-16-13(15)10-21-23(16)17-7-6-12(19)9-14(17)20/h5-10,15,22H,2-4H2,1H3. The molecule has 1 aromatic carbocycles. The molecule has 1 atom stereocenters. The lowest BCUT2D eigenvalue weighted by Crippen LogP contribution is -2.30. The summed E-state index contributed by atoms with van der Waals surface area (Å²) in [4.78, 5) is 0.916. The third-order valence-electron chi connectivity index (χ3n) is 4.60. The monoisotopic (exact) mass is 409 g/mol. The van der Waals surface area contributed by atoms with E-state index in [1.807, 2.05) is 6.92 Å². The van der Waals surface area contributed by atoms with Crippen molar-refractivity contribution in [1.29, 1.82) is 0 Å². The summed E-state index contributed by atoms with van der Waals surface area (Å²) in [5.74, 6) is -1.37. The number of aromatic nitrogens is 2. The van der Waals surface area contributed by atoms with Gasteiger partial charge < -0.3 is 0 Å². The molecule has 2 heterocycles. The molecule has 1 aliphatic carbocycles. The van der Waals surface area contributed by atoms with Gasteiger partial charge in [-0.15, -0.1) is 11.3 Å². The van der Waals surface area contributed by atoms with E-state index in [-0.39, 0.29) is 9.90 Å². The summed E-state index contributed by atoms with van der Waals surface area (Å²) in [6, 6.07) is 6.24. The van der Waals surface area contributed by atoms with E-state index in [4.69, 9.17) is 0 Å². The van der Waals surface area contributed by atoms with Gasteiger partial charge in [0, 0.05) is 22.2 Å². The number of halogens is 2. The third kappa shape index (κ3) is 3.42. The van der Waals surface area contributed by atoms with Crippen LogP contribution in [0.5, 0.6) is 0 Å². The molecular weight excluding hydrogens is 392 g/mol. The fraction of sp³-hybridized carbons (Fsp3) is 0.278. The van der Waals surface area contributed by atoms with E-state index in [0.29, 0.717) is 12.8 Å². The summed E-state index contributed by atoms with van der Waals surface area (Å²) in [7, 11) is -3.64. The SMILES string of the molecule is Cc1ccc(S(=O)(=O)NC2CCCc3c2cnn3-c2ccc(F)cc2F)s1. The van der Waals surface area contributed by atoms with Crippen LogP contribution in [-0.4, -0.2) is 18.2 Å². The summed E-state index contributed by atoms with van der Waals surface area (Å²) in [6.07, 6.45) is 3.57. The average molecular weight is 409 g/mol. The second-order valence-corrected chi connectivity index (χ2v) is 9.71. The molecule has 0 radical (unpaired) electrons. The quantitative estimate of drug-likeness (QED) is 0.711. The first-order valence-electron chi connectivity index (χ1n) is 8.46. The molecule has 5 nitrogen and oxygen atoms in total. The molecule has 1 unspecified atom stereocenters. The van der Waals surface area contributed by atoms with E-state index in [1.54, 1.807) is 18.3 Å². The molecule has 9 heteroatoms. The number of rotatable bonds is 4. The van der Waals surface area contributed by atoms with Crippen molar-refractivity contribution in [2.45, 2.75) is 36.4 Å². The molecular formula is C18H17F2N3O2S2. The van der Waals surface area contributed by atoms with Crippen molar-refractivity contribution in [3.05, 3.63) is 64.3 Å². The first-order valence-corrected chi connectivity index (χ1v) is 10.8. The molecule has 142 valence electrons. The lowest BCUT2D eigenvalue weighted by Gasteiger charge is -2.24. The Morgan fingerprint density at radius 3 is 2.78 bits per heavy atom. The van der Waals surface area contributed by atoms with Crippen molar-refractivity contribution in [2.75, 3.05) is 0 Å². The van der Waals surface area contributed by atoms with Gasteiger partial charge in [-0.2, -0.15) is 5.10 Å². The molecule has 0 saturated heterocycles. The second-order valence-electron chi connectivity index (χ2n) is 6.49. The largest absolute Gasteiger partial charge is 0.250 e. The van der Waals surface area contributed by atoms with E-state index in [9.17, 15) is 17.2 Å². The van der Waals surface area contributed by atoms with Crippen LogP contribution in [0.2, 0.25) is 0 Å². The van der Waals surface area contributed by atoms with Gasteiger partial charge >= 0.3 is 0 Å². The van der Waals surface area contributed by atoms with Crippen LogP contribution in [0.4, 0.5) is 8.78 Å².